The molecule has 0 aromatic heterocycles. The van der Waals surface area contributed by atoms with E-state index >= 15 is 0 Å². The molecule has 0 aromatic carbocycles. The van der Waals surface area contributed by atoms with E-state index in [1.165, 1.54) is 0 Å². The van der Waals surface area contributed by atoms with E-state index < -0.39 is 17.1 Å². The van der Waals surface area contributed by atoms with Crippen molar-refractivity contribution in [1.29, 1.82) is 0 Å². The highest BCUT2D eigenvalue weighted by Crippen LogP contribution is 2.06. The Kier molecular flexibility index (Phi) is 6.13. The predicted molar refractivity (Wildman–Crippen MR) is 56.6 cm³/mol. The molecule has 0 N–H and O–H groups in total. The molecule has 0 saturated heterocycles. The van der Waals surface area contributed by atoms with Crippen LogP contribution < -0.4 is 0 Å². The normalized spacial score (nSPS) is 13.4. The van der Waals surface area contributed by atoms with Crippen LogP contribution in [0.15, 0.2) is 0 Å². The fourth-order valence-electron chi connectivity index (χ4n) is 0.263. The van der Waals surface area contributed by atoms with E-state index in [0.717, 1.165) is 0 Å². The summed E-state index contributed by atoms with van der Waals surface area (Å²) in [5, 5.41) is 0. The van der Waals surface area contributed by atoms with Crippen molar-refractivity contribution in [3.63, 3.8) is 0 Å². The maximum atomic E-state index is 5.42. The van der Waals surface area contributed by atoms with E-state index in [9.17, 15) is 0 Å². The van der Waals surface area contributed by atoms with Gasteiger partial charge in [-0.3, -0.25) is 0 Å². The molecular weight excluding hydrogens is 252 g/mol. The van der Waals surface area contributed by atoms with Crippen LogP contribution in [-0.4, -0.2) is 48.1 Å². The summed E-state index contributed by atoms with van der Waals surface area (Å²) in [6, 6.07) is 0. The monoisotopic (exact) mass is 264 g/mol. The van der Waals surface area contributed by atoms with E-state index in [1.807, 2.05) is 26.2 Å². The summed E-state index contributed by atoms with van der Waals surface area (Å²) in [7, 11) is 1.83. The molecule has 8 radical (unpaired) electrons. The molecule has 0 aliphatic heterocycles. The van der Waals surface area contributed by atoms with Crippen LogP contribution in [0.2, 0.25) is 26.2 Å². The standard InChI is InChI=1S/C4H12O4Si5/c1-12(2,5-9)7-11-8-13(3,4)6-10/h1-4H3. The molecule has 0 bridgehead atoms. The van der Waals surface area contributed by atoms with Gasteiger partial charge >= 0.3 is 27.1 Å². The average Bonchev–Trinajstić information content (AvgIpc) is 2.04. The van der Waals surface area contributed by atoms with Gasteiger partial charge in [0.05, 0.1) is 0 Å². The van der Waals surface area contributed by atoms with Crippen molar-refractivity contribution in [2.75, 3.05) is 0 Å². The molecule has 0 saturated carbocycles. The maximum absolute atomic E-state index is 5.42. The molecule has 9 heteroatoms. The van der Waals surface area contributed by atoms with Gasteiger partial charge in [0.15, 0.2) is 0 Å². The van der Waals surface area contributed by atoms with Crippen molar-refractivity contribution in [3.05, 3.63) is 0 Å². The van der Waals surface area contributed by atoms with Gasteiger partial charge in [0.25, 0.3) is 0 Å². The molecule has 0 rings (SSSR count). The predicted octanol–water partition coefficient (Wildman–Crippen LogP) is 0.158. The summed E-state index contributed by atoms with van der Waals surface area (Å²) in [6.07, 6.45) is 0. The highest BCUT2D eigenvalue weighted by Gasteiger charge is 2.27. The first-order valence-corrected chi connectivity index (χ1v) is 10.9. The number of rotatable bonds is 6. The van der Waals surface area contributed by atoms with Gasteiger partial charge in [0, 0.05) is 0 Å². The van der Waals surface area contributed by atoms with Crippen LogP contribution in [0.4, 0.5) is 0 Å². The van der Waals surface area contributed by atoms with E-state index in [1.54, 1.807) is 0 Å². The van der Waals surface area contributed by atoms with Crippen LogP contribution in [0.1, 0.15) is 0 Å². The average molecular weight is 265 g/mol. The van der Waals surface area contributed by atoms with Crippen LogP contribution in [0.5, 0.6) is 0 Å². The molecule has 0 spiro atoms. The summed E-state index contributed by atoms with van der Waals surface area (Å²) >= 11 is 0. The van der Waals surface area contributed by atoms with Crippen LogP contribution in [0.3, 0.4) is 0 Å². The minimum Gasteiger partial charge on any atom is -0.437 e. The summed E-state index contributed by atoms with van der Waals surface area (Å²) in [6.45, 7) is 7.66. The fraction of sp³-hybridized carbons (Fsp3) is 1.00. The van der Waals surface area contributed by atoms with Crippen molar-refractivity contribution in [1.82, 2.24) is 0 Å². The van der Waals surface area contributed by atoms with Crippen molar-refractivity contribution in [2.24, 2.45) is 0 Å². The molecular formula is C4H12O4Si5. The number of hydrogen-bond donors (Lipinski definition) is 0. The third kappa shape index (κ3) is 6.92. The van der Waals surface area contributed by atoms with Crippen LogP contribution in [0.25, 0.3) is 0 Å². The molecule has 0 heterocycles. The summed E-state index contributed by atoms with van der Waals surface area (Å²) in [4.78, 5) is 0. The van der Waals surface area contributed by atoms with Gasteiger partial charge in [-0.05, 0) is 26.2 Å². The Labute approximate surface area is 91.0 Å². The largest absolute Gasteiger partial charge is 0.437 e. The van der Waals surface area contributed by atoms with Crippen molar-refractivity contribution < 1.29 is 16.5 Å². The van der Waals surface area contributed by atoms with E-state index in [2.05, 4.69) is 21.0 Å². The molecule has 0 fully saturated rings. The molecule has 0 unspecified atom stereocenters. The van der Waals surface area contributed by atoms with Crippen LogP contribution in [-0.2, 0) is 16.5 Å². The van der Waals surface area contributed by atoms with Crippen LogP contribution in [0, 0.1) is 0 Å². The summed E-state index contributed by atoms with van der Waals surface area (Å²) in [5.41, 5.74) is 0. The lowest BCUT2D eigenvalue weighted by Gasteiger charge is -2.24. The third-order valence-corrected chi connectivity index (χ3v) is 9.60. The van der Waals surface area contributed by atoms with E-state index in [-0.39, 0.29) is 10.0 Å². The topological polar surface area (TPSA) is 36.9 Å². The molecule has 13 heavy (non-hydrogen) atoms. The van der Waals surface area contributed by atoms with Gasteiger partial charge in [-0.15, -0.1) is 0 Å². The quantitative estimate of drug-likeness (QED) is 0.641. The van der Waals surface area contributed by atoms with Gasteiger partial charge < -0.3 is 16.5 Å². The van der Waals surface area contributed by atoms with Gasteiger partial charge in [0.1, 0.15) is 0 Å². The lowest BCUT2D eigenvalue weighted by molar-refractivity contribution is 0.352. The Balaban J connectivity index is 3.68. The minimum absolute atomic E-state index is 0.0401. The second kappa shape index (κ2) is 5.72. The van der Waals surface area contributed by atoms with Crippen molar-refractivity contribution in [3.8, 4) is 0 Å². The minimum atomic E-state index is -2.04. The highest BCUT2D eigenvalue weighted by molar-refractivity contribution is 6.75. The van der Waals surface area contributed by atoms with E-state index in [0.29, 0.717) is 0 Å². The second-order valence-corrected chi connectivity index (χ2v) is 12.3. The van der Waals surface area contributed by atoms with Crippen LogP contribution >= 0.6 is 0 Å². The SMILES string of the molecule is C[Si](C)(O[Si])O[Si]O[Si](C)(C)O[Si]. The molecule has 0 aliphatic carbocycles. The number of hydrogen-bond acceptors (Lipinski definition) is 4. The fourth-order valence-corrected chi connectivity index (χ4v) is 3.49. The van der Waals surface area contributed by atoms with Gasteiger partial charge in [-0.1, -0.05) is 0 Å². The Morgan fingerprint density at radius 1 is 0.846 bits per heavy atom. The first kappa shape index (κ1) is 13.9. The smallest absolute Gasteiger partial charge is 0.413 e. The Hall–Kier alpha value is 0.924. The first-order valence-electron chi connectivity index (χ1n) is 3.63. The van der Waals surface area contributed by atoms with Gasteiger partial charge in [-0.25, -0.2) is 0 Å². The summed E-state index contributed by atoms with van der Waals surface area (Å²) < 4.78 is 20.8. The second-order valence-electron chi connectivity index (χ2n) is 3.29. The van der Waals surface area contributed by atoms with Crippen molar-refractivity contribution >= 4 is 48.1 Å². The zero-order valence-electron chi connectivity index (χ0n) is 8.13. The zero-order valence-corrected chi connectivity index (χ0v) is 13.1. The zero-order chi connectivity index (χ0) is 10.5. The molecule has 0 aliphatic rings. The summed E-state index contributed by atoms with van der Waals surface area (Å²) in [5.74, 6) is 0. The Morgan fingerprint density at radius 3 is 1.38 bits per heavy atom. The molecule has 72 valence electrons. The first-order chi connectivity index (χ1) is 5.83. The molecule has 0 amide bonds. The van der Waals surface area contributed by atoms with Gasteiger partial charge in [-0.2, -0.15) is 0 Å². The lowest BCUT2D eigenvalue weighted by atomic mass is 11.9. The van der Waals surface area contributed by atoms with Crippen molar-refractivity contribution in [2.45, 2.75) is 26.2 Å². The Morgan fingerprint density at radius 2 is 1.15 bits per heavy atom. The van der Waals surface area contributed by atoms with Gasteiger partial charge in [0.2, 0.25) is 21.0 Å². The molecule has 4 nitrogen and oxygen atoms in total. The lowest BCUT2D eigenvalue weighted by Crippen LogP contribution is -2.41. The Bertz CT molecular complexity index is 135. The highest BCUT2D eigenvalue weighted by atomic mass is 28.5. The maximum Gasteiger partial charge on any atom is 0.413 e. The third-order valence-electron chi connectivity index (χ3n) is 1.07. The molecule has 0 aromatic rings. The molecule has 0 atom stereocenters. The van der Waals surface area contributed by atoms with E-state index in [4.69, 9.17) is 16.5 Å².